The number of alkyl carbamates (subject to hydrolysis) is 1. The number of rotatable bonds is 3. The Balaban J connectivity index is 1.96. The molecular weight excluding hydrogens is 357 g/mol. The van der Waals surface area contributed by atoms with Gasteiger partial charge in [0.1, 0.15) is 11.4 Å². The molecule has 1 heterocycles. The first kappa shape index (κ1) is 19.8. The number of ether oxygens (including phenoxy) is 1. The van der Waals surface area contributed by atoms with Gasteiger partial charge in [0.15, 0.2) is 0 Å². The average Bonchev–Trinajstić information content (AvgIpc) is 3.09. The Bertz CT molecular complexity index is 905. The van der Waals surface area contributed by atoms with Crippen LogP contribution < -0.4 is 10.6 Å². The number of halogens is 1. The molecular formula is C22H24FN3O2. The molecule has 5 nitrogen and oxygen atoms in total. The molecule has 146 valence electrons. The van der Waals surface area contributed by atoms with Gasteiger partial charge in [0.25, 0.3) is 0 Å². The highest BCUT2D eigenvalue weighted by molar-refractivity contribution is 5.71. The second kappa shape index (κ2) is 7.61. The second-order valence-corrected chi connectivity index (χ2v) is 8.01. The van der Waals surface area contributed by atoms with E-state index in [2.05, 4.69) is 16.7 Å². The van der Waals surface area contributed by atoms with Crippen LogP contribution in [-0.2, 0) is 10.3 Å². The standard InChI is InChI=1S/C22H24FN3O2/c1-21(2,3)28-20(27)26-22(10-11-25-14-22)19-9-6-16(12-17(19)13-24)15-4-7-18(23)8-5-15/h4-9,12,25H,10-11,14H2,1-3H3,(H,26,27)/t22-/m1/s1. The SMILES string of the molecule is CC(C)(C)OC(=O)N[C@]1(c2ccc(-c3ccc(F)cc3)cc2C#N)CCNC1. The third-order valence-electron chi connectivity index (χ3n) is 4.73. The highest BCUT2D eigenvalue weighted by Crippen LogP contribution is 2.33. The van der Waals surface area contributed by atoms with Crippen molar-refractivity contribution in [2.45, 2.75) is 38.3 Å². The van der Waals surface area contributed by atoms with Crippen molar-refractivity contribution in [3.63, 3.8) is 0 Å². The van der Waals surface area contributed by atoms with Crippen molar-refractivity contribution in [3.05, 3.63) is 59.4 Å². The molecule has 1 fully saturated rings. The van der Waals surface area contributed by atoms with Crippen molar-refractivity contribution in [1.29, 1.82) is 5.26 Å². The summed E-state index contributed by atoms with van der Waals surface area (Å²) in [6.45, 7) is 6.66. The van der Waals surface area contributed by atoms with Crippen LogP contribution in [0.5, 0.6) is 0 Å². The van der Waals surface area contributed by atoms with Crippen molar-refractivity contribution in [3.8, 4) is 17.2 Å². The molecule has 6 heteroatoms. The van der Waals surface area contributed by atoms with E-state index in [1.807, 2.05) is 32.9 Å². The Morgan fingerprint density at radius 3 is 2.46 bits per heavy atom. The van der Waals surface area contributed by atoms with Crippen LogP contribution in [0, 0.1) is 17.1 Å². The van der Waals surface area contributed by atoms with Crippen LogP contribution in [-0.4, -0.2) is 24.8 Å². The summed E-state index contributed by atoms with van der Waals surface area (Å²) >= 11 is 0. The number of carbonyl (C=O) groups excluding carboxylic acids is 1. The number of nitrogens with zero attached hydrogens (tertiary/aromatic N) is 1. The lowest BCUT2D eigenvalue weighted by molar-refractivity contribution is 0.0461. The van der Waals surface area contributed by atoms with Crippen LogP contribution in [0.4, 0.5) is 9.18 Å². The van der Waals surface area contributed by atoms with Crippen molar-refractivity contribution >= 4 is 6.09 Å². The predicted molar refractivity (Wildman–Crippen MR) is 105 cm³/mol. The largest absolute Gasteiger partial charge is 0.444 e. The molecule has 0 aliphatic carbocycles. The van der Waals surface area contributed by atoms with E-state index in [-0.39, 0.29) is 5.82 Å². The molecule has 1 aliphatic heterocycles. The van der Waals surface area contributed by atoms with Gasteiger partial charge >= 0.3 is 6.09 Å². The number of nitriles is 1. The molecule has 1 amide bonds. The highest BCUT2D eigenvalue weighted by atomic mass is 19.1. The minimum atomic E-state index is -0.714. The first-order valence-electron chi connectivity index (χ1n) is 9.25. The fourth-order valence-electron chi connectivity index (χ4n) is 3.47. The van der Waals surface area contributed by atoms with Crippen LogP contribution in [0.1, 0.15) is 38.3 Å². The maximum absolute atomic E-state index is 13.2. The zero-order chi connectivity index (χ0) is 20.4. The zero-order valence-electron chi connectivity index (χ0n) is 16.3. The van der Waals surface area contributed by atoms with Gasteiger partial charge in [0.2, 0.25) is 0 Å². The van der Waals surface area contributed by atoms with Gasteiger partial charge in [0.05, 0.1) is 17.2 Å². The summed E-state index contributed by atoms with van der Waals surface area (Å²) in [6, 6.07) is 13.9. The Morgan fingerprint density at radius 2 is 1.89 bits per heavy atom. The molecule has 1 saturated heterocycles. The van der Waals surface area contributed by atoms with Gasteiger partial charge in [-0.1, -0.05) is 24.3 Å². The minimum absolute atomic E-state index is 0.307. The van der Waals surface area contributed by atoms with E-state index in [0.29, 0.717) is 18.5 Å². The molecule has 1 atom stereocenters. The van der Waals surface area contributed by atoms with Crippen molar-refractivity contribution in [1.82, 2.24) is 10.6 Å². The Labute approximate surface area is 164 Å². The third-order valence-corrected chi connectivity index (χ3v) is 4.73. The summed E-state index contributed by atoms with van der Waals surface area (Å²) < 4.78 is 18.6. The first-order chi connectivity index (χ1) is 13.2. The van der Waals surface area contributed by atoms with Gasteiger partial charge in [-0.25, -0.2) is 9.18 Å². The molecule has 0 aromatic heterocycles. The van der Waals surface area contributed by atoms with E-state index in [4.69, 9.17) is 4.74 Å². The summed E-state index contributed by atoms with van der Waals surface area (Å²) in [5.41, 5.74) is 1.54. The first-order valence-corrected chi connectivity index (χ1v) is 9.25. The van der Waals surface area contributed by atoms with E-state index in [0.717, 1.165) is 23.2 Å². The van der Waals surface area contributed by atoms with Crippen LogP contribution in [0.2, 0.25) is 0 Å². The number of amides is 1. The molecule has 2 N–H and O–H groups in total. The monoisotopic (exact) mass is 381 g/mol. The highest BCUT2D eigenvalue weighted by Gasteiger charge is 2.40. The second-order valence-electron chi connectivity index (χ2n) is 8.01. The molecule has 2 aromatic carbocycles. The number of benzene rings is 2. The quantitative estimate of drug-likeness (QED) is 0.840. The normalized spacial score (nSPS) is 19.1. The van der Waals surface area contributed by atoms with Crippen molar-refractivity contribution in [2.24, 2.45) is 0 Å². The Morgan fingerprint density at radius 1 is 1.21 bits per heavy atom. The lowest BCUT2D eigenvalue weighted by Crippen LogP contribution is -2.49. The maximum Gasteiger partial charge on any atom is 0.408 e. The van der Waals surface area contributed by atoms with Gasteiger partial charge in [-0.3, -0.25) is 0 Å². The van der Waals surface area contributed by atoms with Crippen LogP contribution in [0.25, 0.3) is 11.1 Å². The van der Waals surface area contributed by atoms with E-state index < -0.39 is 17.2 Å². The Hall–Kier alpha value is -2.91. The molecule has 1 aliphatic rings. The molecule has 28 heavy (non-hydrogen) atoms. The number of carbonyl (C=O) groups is 1. The van der Waals surface area contributed by atoms with Crippen molar-refractivity contribution < 1.29 is 13.9 Å². The molecule has 0 bridgehead atoms. The minimum Gasteiger partial charge on any atom is -0.444 e. The summed E-state index contributed by atoms with van der Waals surface area (Å²) in [5, 5.41) is 16.0. The van der Waals surface area contributed by atoms with E-state index in [9.17, 15) is 14.4 Å². The van der Waals surface area contributed by atoms with E-state index in [1.165, 1.54) is 12.1 Å². The fourth-order valence-corrected chi connectivity index (χ4v) is 3.47. The predicted octanol–water partition coefficient (Wildman–Crippen LogP) is 4.08. The molecule has 0 unspecified atom stereocenters. The number of nitrogens with one attached hydrogen (secondary N) is 2. The number of hydrogen-bond donors (Lipinski definition) is 2. The van der Waals surface area contributed by atoms with Gasteiger partial charge in [0, 0.05) is 6.54 Å². The van der Waals surface area contributed by atoms with Crippen LogP contribution in [0.15, 0.2) is 42.5 Å². The smallest absolute Gasteiger partial charge is 0.408 e. The van der Waals surface area contributed by atoms with E-state index >= 15 is 0 Å². The summed E-state index contributed by atoms with van der Waals surface area (Å²) in [7, 11) is 0. The van der Waals surface area contributed by atoms with Crippen LogP contribution >= 0.6 is 0 Å². The topological polar surface area (TPSA) is 74.1 Å². The van der Waals surface area contributed by atoms with Gasteiger partial charge in [-0.2, -0.15) is 5.26 Å². The van der Waals surface area contributed by atoms with Crippen molar-refractivity contribution in [2.75, 3.05) is 13.1 Å². The third kappa shape index (κ3) is 4.32. The maximum atomic E-state index is 13.2. The summed E-state index contributed by atoms with van der Waals surface area (Å²) in [5.74, 6) is -0.307. The van der Waals surface area contributed by atoms with Gasteiger partial charge in [-0.05, 0) is 68.6 Å². The fraction of sp³-hybridized carbons (Fsp3) is 0.364. The lowest BCUT2D eigenvalue weighted by atomic mass is 9.84. The van der Waals surface area contributed by atoms with Gasteiger partial charge in [-0.15, -0.1) is 0 Å². The molecule has 2 aromatic rings. The molecule has 0 radical (unpaired) electrons. The Kier molecular flexibility index (Phi) is 5.39. The molecule has 0 saturated carbocycles. The van der Waals surface area contributed by atoms with Crippen LogP contribution in [0.3, 0.4) is 0 Å². The molecule has 0 spiro atoms. The van der Waals surface area contributed by atoms with E-state index in [1.54, 1.807) is 18.2 Å². The zero-order valence-corrected chi connectivity index (χ0v) is 16.3. The summed E-state index contributed by atoms with van der Waals surface area (Å²) in [4.78, 5) is 12.4. The number of hydrogen-bond acceptors (Lipinski definition) is 4. The summed E-state index contributed by atoms with van der Waals surface area (Å²) in [6.07, 6.45) is 0.138. The average molecular weight is 381 g/mol. The lowest BCUT2D eigenvalue weighted by Gasteiger charge is -2.32. The molecule has 3 rings (SSSR count). The van der Waals surface area contributed by atoms with Gasteiger partial charge < -0.3 is 15.4 Å².